The maximum atomic E-state index is 11.4. The van der Waals surface area contributed by atoms with E-state index in [9.17, 15) is 9.90 Å². The highest BCUT2D eigenvalue weighted by Gasteiger charge is 2.17. The molecule has 4 aromatic rings. The molecule has 1 aliphatic heterocycles. The Bertz CT molecular complexity index is 1410. The first kappa shape index (κ1) is 23.7. The third-order valence-corrected chi connectivity index (χ3v) is 6.92. The molecule has 0 atom stereocenters. The van der Waals surface area contributed by atoms with Gasteiger partial charge in [0, 0.05) is 63.7 Å². The van der Waals surface area contributed by atoms with Crippen molar-refractivity contribution in [3.8, 4) is 16.9 Å². The molecule has 176 valence electrons. The molecular formula is C27H29N3O3S. The summed E-state index contributed by atoms with van der Waals surface area (Å²) in [6.45, 7) is 6.60. The van der Waals surface area contributed by atoms with Crippen LogP contribution in [-0.4, -0.2) is 47.2 Å². The number of fused-ring (bicyclic) bond motifs is 3. The molecule has 1 saturated heterocycles. The Morgan fingerprint density at radius 3 is 2.59 bits per heavy atom. The minimum atomic E-state index is 0.273. The summed E-state index contributed by atoms with van der Waals surface area (Å²) in [6.07, 6.45) is 4.23. The molecule has 0 bridgehead atoms. The van der Waals surface area contributed by atoms with Gasteiger partial charge in [0.2, 0.25) is 0 Å². The number of morpholine rings is 1. The normalized spacial score (nSPS) is 14.9. The third-order valence-electron chi connectivity index (χ3n) is 5.71. The highest BCUT2D eigenvalue weighted by atomic mass is 32.1. The van der Waals surface area contributed by atoms with Gasteiger partial charge in [-0.2, -0.15) is 0 Å². The number of carbonyl (C=O) groups is 1. The number of carbonyl (C=O) groups excluding carboxylic acids is 1. The fourth-order valence-corrected chi connectivity index (χ4v) is 5.40. The quantitative estimate of drug-likeness (QED) is 0.331. The number of hydrogen-bond donors (Lipinski definition) is 1. The number of allylic oxidation sites excluding steroid dienone is 1. The van der Waals surface area contributed by atoms with E-state index in [1.807, 2.05) is 68.1 Å². The summed E-state index contributed by atoms with van der Waals surface area (Å²) in [5, 5.41) is 12.6. The van der Waals surface area contributed by atoms with E-state index in [1.54, 1.807) is 17.4 Å². The topological polar surface area (TPSA) is 67.1 Å². The van der Waals surface area contributed by atoms with Crippen molar-refractivity contribution in [1.29, 1.82) is 0 Å². The zero-order valence-corrected chi connectivity index (χ0v) is 20.5. The summed E-state index contributed by atoms with van der Waals surface area (Å²) in [6, 6.07) is 15.8. The Kier molecular flexibility index (Phi) is 7.45. The first-order chi connectivity index (χ1) is 16.7. The lowest BCUT2D eigenvalue weighted by Gasteiger charge is -2.28. The van der Waals surface area contributed by atoms with Crippen LogP contribution in [0.5, 0.6) is 5.75 Å². The first-order valence-electron chi connectivity index (χ1n) is 11.5. The van der Waals surface area contributed by atoms with Crippen molar-refractivity contribution in [1.82, 2.24) is 9.47 Å². The molecule has 2 aromatic carbocycles. The number of phenolic OH excluding ortho intramolecular Hbond substituents is 1. The average molecular weight is 476 g/mol. The van der Waals surface area contributed by atoms with Gasteiger partial charge in [-0.3, -0.25) is 4.79 Å². The minimum Gasteiger partial charge on any atom is -0.507 e. The number of hydrogen-bond acceptors (Lipinski definition) is 6. The molecule has 0 saturated carbocycles. The summed E-state index contributed by atoms with van der Waals surface area (Å²) in [4.78, 5) is 18.4. The van der Waals surface area contributed by atoms with Gasteiger partial charge in [-0.05, 0) is 30.3 Å². The largest absolute Gasteiger partial charge is 0.507 e. The van der Waals surface area contributed by atoms with Crippen LogP contribution in [0.25, 0.3) is 31.3 Å². The monoisotopic (exact) mass is 475 g/mol. The zero-order valence-electron chi connectivity index (χ0n) is 19.7. The van der Waals surface area contributed by atoms with Crippen LogP contribution >= 0.6 is 11.3 Å². The molecule has 0 radical (unpaired) electrons. The molecule has 3 heterocycles. The molecule has 1 fully saturated rings. The molecule has 1 N–H and O–H groups in total. The lowest BCUT2D eigenvalue weighted by Crippen LogP contribution is -2.36. The van der Waals surface area contributed by atoms with Crippen LogP contribution < -0.4 is 5.49 Å². The minimum absolute atomic E-state index is 0.273. The molecule has 2 aromatic heterocycles. The molecule has 0 aliphatic carbocycles. The molecule has 0 unspecified atom stereocenters. The predicted molar refractivity (Wildman–Crippen MR) is 139 cm³/mol. The van der Waals surface area contributed by atoms with Crippen LogP contribution in [0.3, 0.4) is 0 Å². The lowest BCUT2D eigenvalue weighted by atomic mass is 10.0. The van der Waals surface area contributed by atoms with E-state index in [0.717, 1.165) is 43.1 Å². The van der Waals surface area contributed by atoms with E-state index in [-0.39, 0.29) is 5.75 Å². The second-order valence-electron chi connectivity index (χ2n) is 7.66. The fraction of sp³-hybridized carbons (Fsp3) is 0.259. The van der Waals surface area contributed by atoms with Crippen molar-refractivity contribution in [3.63, 3.8) is 0 Å². The molecule has 0 spiro atoms. The van der Waals surface area contributed by atoms with Crippen molar-refractivity contribution in [2.75, 3.05) is 26.3 Å². The van der Waals surface area contributed by atoms with Crippen molar-refractivity contribution >= 4 is 37.8 Å². The lowest BCUT2D eigenvalue weighted by molar-refractivity contribution is -0.104. The van der Waals surface area contributed by atoms with E-state index in [2.05, 4.69) is 11.0 Å². The average Bonchev–Trinajstić information content (AvgIpc) is 3.27. The number of aromatic hydroxyl groups is 1. The number of aldehydes is 1. The van der Waals surface area contributed by atoms with Gasteiger partial charge in [-0.1, -0.05) is 32.0 Å². The Hall–Kier alpha value is -3.42. The second kappa shape index (κ2) is 10.7. The van der Waals surface area contributed by atoms with Gasteiger partial charge in [0.05, 0.1) is 13.2 Å². The number of rotatable bonds is 4. The van der Waals surface area contributed by atoms with Crippen LogP contribution in [0.2, 0.25) is 0 Å². The number of ether oxygens (including phenoxy) is 1. The molecular weight excluding hydrogens is 446 g/mol. The highest BCUT2D eigenvalue weighted by molar-refractivity contribution is 7.26. The van der Waals surface area contributed by atoms with Crippen LogP contribution in [0.1, 0.15) is 13.8 Å². The van der Waals surface area contributed by atoms with Crippen molar-refractivity contribution < 1.29 is 14.6 Å². The van der Waals surface area contributed by atoms with E-state index < -0.39 is 0 Å². The summed E-state index contributed by atoms with van der Waals surface area (Å²) in [7, 11) is 1.95. The SMILES string of the molecule is CC.Cn1cccc(-c2ccc(O)c3c2sc2ccccc23)/c1=N/C(=C\C=O)N1CCOCC1. The molecule has 5 rings (SSSR count). The Labute approximate surface area is 203 Å². The molecule has 0 amide bonds. The van der Waals surface area contributed by atoms with Crippen LogP contribution in [0.15, 0.2) is 71.6 Å². The Morgan fingerprint density at radius 1 is 1.06 bits per heavy atom. The molecule has 6 nitrogen and oxygen atoms in total. The van der Waals surface area contributed by atoms with Gasteiger partial charge in [-0.25, -0.2) is 4.99 Å². The Balaban J connectivity index is 0.00000133. The number of aromatic nitrogens is 1. The maximum Gasteiger partial charge on any atom is 0.146 e. The van der Waals surface area contributed by atoms with Gasteiger partial charge in [0.25, 0.3) is 0 Å². The van der Waals surface area contributed by atoms with Gasteiger partial charge in [-0.15, -0.1) is 11.3 Å². The van der Waals surface area contributed by atoms with E-state index >= 15 is 0 Å². The first-order valence-corrected chi connectivity index (χ1v) is 12.3. The second-order valence-corrected chi connectivity index (χ2v) is 8.72. The number of aryl methyl sites for hydroxylation is 1. The smallest absolute Gasteiger partial charge is 0.146 e. The maximum absolute atomic E-state index is 11.4. The summed E-state index contributed by atoms with van der Waals surface area (Å²) in [5.74, 6) is 0.896. The van der Waals surface area contributed by atoms with Crippen molar-refractivity contribution in [3.05, 3.63) is 72.1 Å². The summed E-state index contributed by atoms with van der Waals surface area (Å²) >= 11 is 1.66. The van der Waals surface area contributed by atoms with Crippen LogP contribution in [-0.2, 0) is 16.6 Å². The standard InChI is InChI=1S/C25H23N3O3S.C2H6/c1-27-11-4-6-18(25(27)26-22(10-14-29)28-12-15-31-16-13-28)17-8-9-20(30)23-19-5-2-3-7-21(19)32-24(17)23;1-2/h2-11,14,30H,12-13,15-16H2,1H3;1-2H3/b22-10+,26-25-;. The van der Waals surface area contributed by atoms with E-state index in [1.165, 1.54) is 6.08 Å². The van der Waals surface area contributed by atoms with Gasteiger partial charge in [0.1, 0.15) is 23.3 Å². The van der Waals surface area contributed by atoms with Crippen molar-refractivity contribution in [2.24, 2.45) is 12.0 Å². The molecule has 7 heteroatoms. The number of nitrogens with zero attached hydrogens (tertiary/aromatic N) is 3. The molecule has 1 aliphatic rings. The Morgan fingerprint density at radius 2 is 1.82 bits per heavy atom. The van der Waals surface area contributed by atoms with E-state index in [0.29, 0.717) is 32.1 Å². The fourth-order valence-electron chi connectivity index (χ4n) is 4.15. The molecule has 34 heavy (non-hydrogen) atoms. The zero-order chi connectivity index (χ0) is 24.1. The van der Waals surface area contributed by atoms with Crippen LogP contribution in [0.4, 0.5) is 0 Å². The highest BCUT2D eigenvalue weighted by Crippen LogP contribution is 2.43. The van der Waals surface area contributed by atoms with Crippen LogP contribution in [0, 0.1) is 0 Å². The van der Waals surface area contributed by atoms with Crippen molar-refractivity contribution in [2.45, 2.75) is 13.8 Å². The number of thiophene rings is 1. The third kappa shape index (κ3) is 4.49. The predicted octanol–water partition coefficient (Wildman–Crippen LogP) is 5.07. The van der Waals surface area contributed by atoms with E-state index in [4.69, 9.17) is 9.73 Å². The number of phenols is 1. The number of benzene rings is 2. The summed E-state index contributed by atoms with van der Waals surface area (Å²) in [5.41, 5.74) is 2.69. The van der Waals surface area contributed by atoms with Gasteiger partial charge < -0.3 is 19.3 Å². The van der Waals surface area contributed by atoms with Gasteiger partial charge >= 0.3 is 0 Å². The van der Waals surface area contributed by atoms with Gasteiger partial charge in [0.15, 0.2) is 0 Å². The summed E-state index contributed by atoms with van der Waals surface area (Å²) < 4.78 is 9.55. The number of pyridine rings is 1.